The van der Waals surface area contributed by atoms with Gasteiger partial charge in [0.05, 0.1) is 11.0 Å². The van der Waals surface area contributed by atoms with Gasteiger partial charge in [0.2, 0.25) is 9.84 Å². The zero-order valence-corrected chi connectivity index (χ0v) is 10.0. The van der Waals surface area contributed by atoms with Crippen LogP contribution in [0.15, 0.2) is 29.2 Å². The van der Waals surface area contributed by atoms with Gasteiger partial charge >= 0.3 is 0 Å². The molecule has 3 nitrogen and oxygen atoms in total. The van der Waals surface area contributed by atoms with Crippen molar-refractivity contribution in [3.63, 3.8) is 0 Å². The third-order valence-electron chi connectivity index (χ3n) is 1.94. The summed E-state index contributed by atoms with van der Waals surface area (Å²) >= 11 is 0. The number of sulfone groups is 1. The first-order valence-electron chi connectivity index (χ1n) is 4.83. The Morgan fingerprint density at radius 1 is 1.20 bits per heavy atom. The van der Waals surface area contributed by atoms with Gasteiger partial charge in [-0.05, 0) is 32.9 Å². The Kier molecular flexibility index (Phi) is 3.88. The van der Waals surface area contributed by atoms with Crippen molar-refractivity contribution in [3.8, 4) is 0 Å². The first-order chi connectivity index (χ1) is 6.92. The highest BCUT2D eigenvalue weighted by molar-refractivity contribution is 7.91. The molecule has 0 atom stereocenters. The lowest BCUT2D eigenvalue weighted by molar-refractivity contribution is 0.115. The molecular formula is C11H16O3S. The van der Waals surface area contributed by atoms with E-state index in [1.54, 1.807) is 24.3 Å². The lowest BCUT2D eigenvalue weighted by Gasteiger charge is -2.08. The van der Waals surface area contributed by atoms with E-state index in [1.165, 1.54) is 0 Å². The summed E-state index contributed by atoms with van der Waals surface area (Å²) in [4.78, 5) is 0.314. The van der Waals surface area contributed by atoms with Crippen molar-refractivity contribution in [2.45, 2.75) is 31.8 Å². The molecule has 0 aliphatic heterocycles. The number of benzene rings is 1. The van der Waals surface area contributed by atoms with E-state index in [0.717, 1.165) is 5.56 Å². The Labute approximate surface area is 91.0 Å². The summed E-state index contributed by atoms with van der Waals surface area (Å²) in [5.41, 5.74) is 1.04. The molecule has 0 unspecified atom stereocenters. The van der Waals surface area contributed by atoms with Gasteiger partial charge in [0.1, 0.15) is 0 Å². The monoisotopic (exact) mass is 228 g/mol. The summed E-state index contributed by atoms with van der Waals surface area (Å²) in [7, 11) is -3.29. The molecule has 84 valence electrons. The minimum absolute atomic E-state index is 0.0785. The van der Waals surface area contributed by atoms with E-state index >= 15 is 0 Å². The largest absolute Gasteiger partial charge is 0.363 e. The van der Waals surface area contributed by atoms with E-state index < -0.39 is 9.84 Å². The van der Waals surface area contributed by atoms with E-state index in [1.807, 2.05) is 20.8 Å². The van der Waals surface area contributed by atoms with Crippen LogP contribution >= 0.6 is 0 Å². The summed E-state index contributed by atoms with van der Waals surface area (Å²) in [6.07, 6.45) is -0.0785. The molecule has 0 N–H and O–H groups in total. The van der Waals surface area contributed by atoms with Crippen LogP contribution in [0.3, 0.4) is 0 Å². The molecule has 0 radical (unpaired) electrons. The molecule has 15 heavy (non-hydrogen) atoms. The Morgan fingerprint density at radius 2 is 1.73 bits per heavy atom. The maximum Gasteiger partial charge on any atom is 0.202 e. The average molecular weight is 228 g/mol. The van der Waals surface area contributed by atoms with Crippen molar-refractivity contribution < 1.29 is 13.2 Å². The minimum atomic E-state index is -3.29. The average Bonchev–Trinajstić information content (AvgIpc) is 2.16. The summed E-state index contributed by atoms with van der Waals surface area (Å²) < 4.78 is 28.5. The molecule has 0 amide bonds. The Morgan fingerprint density at radius 3 is 2.20 bits per heavy atom. The molecule has 0 aliphatic rings. The number of hydrogen-bond acceptors (Lipinski definition) is 3. The molecular weight excluding hydrogens is 212 g/mol. The van der Waals surface area contributed by atoms with Crippen LogP contribution in [0.4, 0.5) is 0 Å². The smallest absolute Gasteiger partial charge is 0.202 e. The van der Waals surface area contributed by atoms with Crippen LogP contribution in [-0.4, -0.2) is 20.5 Å². The summed E-state index contributed by atoms with van der Waals surface area (Å²) in [5, 5.41) is 0. The molecule has 0 fully saturated rings. The van der Waals surface area contributed by atoms with Gasteiger partial charge < -0.3 is 4.74 Å². The van der Waals surface area contributed by atoms with Gasteiger partial charge in [-0.3, -0.25) is 0 Å². The predicted octanol–water partition coefficient (Wildman–Crippen LogP) is 2.15. The van der Waals surface area contributed by atoms with E-state index in [-0.39, 0.29) is 12.0 Å². The maximum absolute atomic E-state index is 11.7. The number of ether oxygens (including phenoxy) is 1. The quantitative estimate of drug-likeness (QED) is 0.793. The van der Waals surface area contributed by atoms with E-state index in [4.69, 9.17) is 4.74 Å². The van der Waals surface area contributed by atoms with Crippen molar-refractivity contribution >= 4 is 9.84 Å². The number of rotatable bonds is 4. The molecule has 0 saturated heterocycles. The lowest BCUT2D eigenvalue weighted by atomic mass is 10.2. The predicted molar refractivity (Wildman–Crippen MR) is 59.5 cm³/mol. The van der Waals surface area contributed by atoms with Crippen molar-refractivity contribution in [3.05, 3.63) is 29.8 Å². The topological polar surface area (TPSA) is 43.4 Å². The van der Waals surface area contributed by atoms with Crippen LogP contribution in [0.5, 0.6) is 0 Å². The summed E-state index contributed by atoms with van der Waals surface area (Å²) in [6.45, 7) is 5.54. The Balaban J connectivity index is 2.82. The third-order valence-corrected chi connectivity index (χ3v) is 3.37. The van der Waals surface area contributed by atoms with E-state index in [9.17, 15) is 8.42 Å². The highest BCUT2D eigenvalue weighted by Gasteiger charge is 2.14. The fraction of sp³-hybridized carbons (Fsp3) is 0.455. The van der Waals surface area contributed by atoms with Gasteiger partial charge in [-0.15, -0.1) is 0 Å². The molecule has 0 bridgehead atoms. The van der Waals surface area contributed by atoms with Crippen LogP contribution in [0, 0.1) is 6.92 Å². The van der Waals surface area contributed by atoms with Gasteiger partial charge in [-0.25, -0.2) is 8.42 Å². The molecule has 1 aromatic rings. The second kappa shape index (κ2) is 4.77. The normalized spacial score (nSPS) is 12.0. The Bertz CT molecular complexity index is 404. The van der Waals surface area contributed by atoms with Crippen molar-refractivity contribution in [1.82, 2.24) is 0 Å². The number of aryl methyl sites for hydroxylation is 1. The molecule has 0 heterocycles. The van der Waals surface area contributed by atoms with Gasteiger partial charge in [-0.2, -0.15) is 0 Å². The second-order valence-electron chi connectivity index (χ2n) is 3.76. The summed E-state index contributed by atoms with van der Waals surface area (Å²) in [6, 6.07) is 6.77. The molecule has 0 aromatic heterocycles. The van der Waals surface area contributed by atoms with Gasteiger partial charge in [-0.1, -0.05) is 17.7 Å². The van der Waals surface area contributed by atoms with E-state index in [0.29, 0.717) is 4.90 Å². The first-order valence-corrected chi connectivity index (χ1v) is 6.48. The molecule has 1 rings (SSSR count). The van der Waals surface area contributed by atoms with E-state index in [2.05, 4.69) is 0 Å². The highest BCUT2D eigenvalue weighted by Crippen LogP contribution is 2.12. The van der Waals surface area contributed by atoms with Crippen LogP contribution in [0.1, 0.15) is 19.4 Å². The molecule has 4 heteroatoms. The van der Waals surface area contributed by atoms with Crippen LogP contribution in [0.25, 0.3) is 0 Å². The number of hydrogen-bond donors (Lipinski definition) is 0. The standard InChI is InChI=1S/C11H16O3S/c1-9(2)14-8-15(12,13)11-6-4-10(3)5-7-11/h4-7,9H,8H2,1-3H3. The minimum Gasteiger partial charge on any atom is -0.363 e. The van der Waals surface area contributed by atoms with Gasteiger partial charge in [0.25, 0.3) is 0 Å². The fourth-order valence-corrected chi connectivity index (χ4v) is 2.18. The zero-order chi connectivity index (χ0) is 11.5. The second-order valence-corrected chi connectivity index (χ2v) is 5.70. The van der Waals surface area contributed by atoms with Crippen LogP contribution in [-0.2, 0) is 14.6 Å². The molecule has 0 saturated carbocycles. The third kappa shape index (κ3) is 3.64. The van der Waals surface area contributed by atoms with Crippen LogP contribution in [0.2, 0.25) is 0 Å². The highest BCUT2D eigenvalue weighted by atomic mass is 32.2. The fourth-order valence-electron chi connectivity index (χ4n) is 1.04. The maximum atomic E-state index is 11.7. The van der Waals surface area contributed by atoms with Gasteiger partial charge in [0.15, 0.2) is 5.94 Å². The lowest BCUT2D eigenvalue weighted by Crippen LogP contribution is -2.14. The zero-order valence-electron chi connectivity index (χ0n) is 9.23. The van der Waals surface area contributed by atoms with Crippen LogP contribution < -0.4 is 0 Å². The van der Waals surface area contributed by atoms with Crippen molar-refractivity contribution in [2.75, 3.05) is 5.94 Å². The molecule has 1 aromatic carbocycles. The van der Waals surface area contributed by atoms with Crippen molar-refractivity contribution in [2.24, 2.45) is 0 Å². The first kappa shape index (κ1) is 12.2. The molecule has 0 aliphatic carbocycles. The summed E-state index contributed by atoms with van der Waals surface area (Å²) in [5.74, 6) is -0.256. The molecule has 0 spiro atoms. The SMILES string of the molecule is Cc1ccc(S(=O)(=O)COC(C)C)cc1. The Hall–Kier alpha value is -0.870. The van der Waals surface area contributed by atoms with Gasteiger partial charge in [0, 0.05) is 0 Å². The van der Waals surface area contributed by atoms with Crippen molar-refractivity contribution in [1.29, 1.82) is 0 Å².